The Morgan fingerprint density at radius 3 is 2.50 bits per heavy atom. The molecule has 1 aromatic heterocycles. The number of thiophene rings is 1. The molecule has 3 N–H and O–H groups in total. The molecule has 0 bridgehead atoms. The molecule has 0 radical (unpaired) electrons. The molecule has 0 saturated heterocycles. The monoisotopic (exact) mass is 320 g/mol. The summed E-state index contributed by atoms with van der Waals surface area (Å²) in [7, 11) is 0. The summed E-state index contributed by atoms with van der Waals surface area (Å²) >= 11 is 20.0. The third-order valence-corrected chi connectivity index (χ3v) is 5.26. The minimum atomic E-state index is -0.262. The number of rotatable bonds is 3. The second-order valence-corrected chi connectivity index (χ2v) is 5.91. The minimum absolute atomic E-state index is 0.262. The third-order valence-electron chi connectivity index (χ3n) is 2.65. The standard InChI is InChI=1S/C12H11Cl3N2S/c1-6-5-18-12(9(6)14)11(17-16)7-3-2-4-8(13)10(7)15/h2-5,11,17H,16H2,1H3. The quantitative estimate of drug-likeness (QED) is 0.642. The van der Waals surface area contributed by atoms with E-state index in [0.717, 1.165) is 16.0 Å². The molecule has 0 fully saturated rings. The normalized spacial score (nSPS) is 12.7. The molecule has 0 aliphatic carbocycles. The van der Waals surface area contributed by atoms with Crippen LogP contribution in [0.15, 0.2) is 23.6 Å². The lowest BCUT2D eigenvalue weighted by Gasteiger charge is -2.17. The van der Waals surface area contributed by atoms with Gasteiger partial charge >= 0.3 is 0 Å². The van der Waals surface area contributed by atoms with Gasteiger partial charge in [0.15, 0.2) is 0 Å². The SMILES string of the molecule is Cc1csc(C(NN)c2cccc(Cl)c2Cl)c1Cl. The Labute approximate surface area is 125 Å². The van der Waals surface area contributed by atoms with Gasteiger partial charge in [-0.15, -0.1) is 11.3 Å². The zero-order valence-electron chi connectivity index (χ0n) is 9.51. The summed E-state index contributed by atoms with van der Waals surface area (Å²) in [6.45, 7) is 1.95. The molecule has 1 atom stereocenters. The Hall–Kier alpha value is -0.290. The largest absolute Gasteiger partial charge is 0.271 e. The summed E-state index contributed by atoms with van der Waals surface area (Å²) in [4.78, 5) is 0.931. The van der Waals surface area contributed by atoms with Crippen LogP contribution in [-0.4, -0.2) is 0 Å². The molecule has 2 rings (SSSR count). The van der Waals surface area contributed by atoms with Gasteiger partial charge in [-0.2, -0.15) is 0 Å². The summed E-state index contributed by atoms with van der Waals surface area (Å²) in [6, 6.07) is 5.19. The molecule has 1 unspecified atom stereocenters. The van der Waals surface area contributed by atoms with Crippen LogP contribution in [0.3, 0.4) is 0 Å². The highest BCUT2D eigenvalue weighted by atomic mass is 35.5. The van der Waals surface area contributed by atoms with E-state index >= 15 is 0 Å². The first-order chi connectivity index (χ1) is 8.56. The van der Waals surface area contributed by atoms with Crippen molar-refractivity contribution >= 4 is 46.1 Å². The van der Waals surface area contributed by atoms with Crippen LogP contribution in [0.2, 0.25) is 15.1 Å². The summed E-state index contributed by atoms with van der Waals surface area (Å²) < 4.78 is 0. The smallest absolute Gasteiger partial charge is 0.0832 e. The summed E-state index contributed by atoms with van der Waals surface area (Å²) in [6.07, 6.45) is 0. The first-order valence-corrected chi connectivity index (χ1v) is 7.21. The van der Waals surface area contributed by atoms with Crippen molar-refractivity contribution in [1.82, 2.24) is 5.43 Å². The molecule has 0 aliphatic heterocycles. The van der Waals surface area contributed by atoms with Crippen molar-refractivity contribution in [1.29, 1.82) is 0 Å². The van der Waals surface area contributed by atoms with Crippen LogP contribution in [0.4, 0.5) is 0 Å². The molecule has 0 spiro atoms. The second kappa shape index (κ2) is 5.78. The topological polar surface area (TPSA) is 38.0 Å². The van der Waals surface area contributed by atoms with E-state index < -0.39 is 0 Å². The average Bonchev–Trinajstić information content (AvgIpc) is 2.68. The Balaban J connectivity index is 2.52. The van der Waals surface area contributed by atoms with Crippen molar-refractivity contribution in [3.8, 4) is 0 Å². The van der Waals surface area contributed by atoms with Crippen molar-refractivity contribution in [2.24, 2.45) is 5.84 Å². The molecular formula is C12H11Cl3N2S. The lowest BCUT2D eigenvalue weighted by molar-refractivity contribution is 0.647. The lowest BCUT2D eigenvalue weighted by atomic mass is 10.1. The van der Waals surface area contributed by atoms with Crippen LogP contribution in [0.25, 0.3) is 0 Å². The van der Waals surface area contributed by atoms with Gasteiger partial charge in [0.25, 0.3) is 0 Å². The Morgan fingerprint density at radius 2 is 1.94 bits per heavy atom. The maximum atomic E-state index is 6.26. The van der Waals surface area contributed by atoms with Crippen molar-refractivity contribution in [2.75, 3.05) is 0 Å². The molecular weight excluding hydrogens is 311 g/mol. The summed E-state index contributed by atoms with van der Waals surface area (Å²) in [5, 5.41) is 3.68. The molecule has 2 nitrogen and oxygen atoms in total. The Kier molecular flexibility index (Phi) is 4.54. The van der Waals surface area contributed by atoms with Crippen LogP contribution in [0.1, 0.15) is 22.0 Å². The molecule has 1 heterocycles. The highest BCUT2D eigenvalue weighted by molar-refractivity contribution is 7.10. The maximum absolute atomic E-state index is 6.26. The molecule has 0 aliphatic rings. The van der Waals surface area contributed by atoms with Gasteiger partial charge in [0.05, 0.1) is 21.1 Å². The number of aryl methyl sites for hydroxylation is 1. The predicted octanol–water partition coefficient (Wildman–Crippen LogP) is 4.57. The van der Waals surface area contributed by atoms with E-state index in [2.05, 4.69) is 5.43 Å². The van der Waals surface area contributed by atoms with Gasteiger partial charge in [0, 0.05) is 4.88 Å². The summed E-state index contributed by atoms with van der Waals surface area (Å²) in [5.74, 6) is 5.63. The van der Waals surface area contributed by atoms with E-state index in [-0.39, 0.29) is 6.04 Å². The van der Waals surface area contributed by atoms with Crippen molar-refractivity contribution in [2.45, 2.75) is 13.0 Å². The number of hydrazine groups is 1. The lowest BCUT2D eigenvalue weighted by Crippen LogP contribution is -2.28. The molecule has 0 saturated carbocycles. The van der Waals surface area contributed by atoms with Gasteiger partial charge < -0.3 is 0 Å². The van der Waals surface area contributed by atoms with E-state index in [1.165, 1.54) is 0 Å². The third kappa shape index (κ3) is 2.52. The number of hydrogen-bond donors (Lipinski definition) is 2. The van der Waals surface area contributed by atoms with Crippen LogP contribution in [0, 0.1) is 6.92 Å². The van der Waals surface area contributed by atoms with E-state index in [9.17, 15) is 0 Å². The number of halogens is 3. The molecule has 96 valence electrons. The minimum Gasteiger partial charge on any atom is -0.271 e. The zero-order chi connectivity index (χ0) is 13.3. The van der Waals surface area contributed by atoms with Crippen molar-refractivity contribution < 1.29 is 0 Å². The fourth-order valence-corrected chi connectivity index (χ4v) is 3.49. The first-order valence-electron chi connectivity index (χ1n) is 5.19. The number of benzene rings is 1. The predicted molar refractivity (Wildman–Crippen MR) is 79.7 cm³/mol. The van der Waals surface area contributed by atoms with Crippen LogP contribution in [-0.2, 0) is 0 Å². The van der Waals surface area contributed by atoms with Gasteiger partial charge in [0.2, 0.25) is 0 Å². The van der Waals surface area contributed by atoms with E-state index in [1.807, 2.05) is 24.4 Å². The highest BCUT2D eigenvalue weighted by Crippen LogP contribution is 2.39. The molecule has 2 aromatic rings. The van der Waals surface area contributed by atoms with Crippen molar-refractivity contribution in [3.05, 3.63) is 54.7 Å². The molecule has 0 amide bonds. The zero-order valence-corrected chi connectivity index (χ0v) is 12.6. The summed E-state index contributed by atoms with van der Waals surface area (Å²) in [5.41, 5.74) is 4.58. The van der Waals surface area contributed by atoms with Crippen molar-refractivity contribution in [3.63, 3.8) is 0 Å². The van der Waals surface area contributed by atoms with Gasteiger partial charge in [-0.25, -0.2) is 5.43 Å². The van der Waals surface area contributed by atoms with E-state index in [1.54, 1.807) is 17.4 Å². The van der Waals surface area contributed by atoms with E-state index in [0.29, 0.717) is 15.1 Å². The van der Waals surface area contributed by atoms with Gasteiger partial charge in [0.1, 0.15) is 0 Å². The van der Waals surface area contributed by atoms with E-state index in [4.69, 9.17) is 40.6 Å². The Morgan fingerprint density at radius 1 is 1.22 bits per heavy atom. The van der Waals surface area contributed by atoms with Gasteiger partial charge in [-0.1, -0.05) is 46.9 Å². The highest BCUT2D eigenvalue weighted by Gasteiger charge is 2.21. The number of nitrogens with one attached hydrogen (secondary N) is 1. The number of hydrogen-bond acceptors (Lipinski definition) is 3. The van der Waals surface area contributed by atoms with Crippen LogP contribution in [0.5, 0.6) is 0 Å². The number of nitrogens with two attached hydrogens (primary N) is 1. The van der Waals surface area contributed by atoms with Crippen LogP contribution < -0.4 is 11.3 Å². The van der Waals surface area contributed by atoms with Crippen LogP contribution >= 0.6 is 46.1 Å². The Bertz CT molecular complexity index is 568. The molecule has 6 heteroatoms. The average molecular weight is 322 g/mol. The molecule has 18 heavy (non-hydrogen) atoms. The fraction of sp³-hybridized carbons (Fsp3) is 0.167. The van der Waals surface area contributed by atoms with Gasteiger partial charge in [-0.05, 0) is 29.5 Å². The first kappa shape index (κ1) is 14.1. The van der Waals surface area contributed by atoms with Gasteiger partial charge in [-0.3, -0.25) is 5.84 Å². The fourth-order valence-electron chi connectivity index (χ4n) is 1.69. The molecule has 1 aromatic carbocycles. The maximum Gasteiger partial charge on any atom is 0.0832 e. The second-order valence-electron chi connectivity index (χ2n) is 3.84.